The van der Waals surface area contributed by atoms with E-state index in [0.29, 0.717) is 22.6 Å². The molecular weight excluding hydrogens is 244 g/mol. The minimum absolute atomic E-state index is 0.0774. The molecule has 0 aliphatic carbocycles. The summed E-state index contributed by atoms with van der Waals surface area (Å²) in [5.74, 6) is 0.269. The van der Waals surface area contributed by atoms with E-state index in [0.717, 1.165) is 0 Å². The number of amides is 1. The molecule has 1 aliphatic heterocycles. The molecule has 0 saturated carbocycles. The minimum Gasteiger partial charge on any atom is -0.497 e. The van der Waals surface area contributed by atoms with E-state index in [1.807, 2.05) is 14.1 Å². The summed E-state index contributed by atoms with van der Waals surface area (Å²) in [5.41, 5.74) is 1.46. The highest BCUT2D eigenvalue weighted by atomic mass is 16.5. The molecule has 1 amide bonds. The lowest BCUT2D eigenvalue weighted by atomic mass is 10.0. The van der Waals surface area contributed by atoms with Crippen molar-refractivity contribution in [2.24, 2.45) is 0 Å². The molecule has 5 heteroatoms. The molecule has 0 atom stereocenters. The number of benzene rings is 1. The summed E-state index contributed by atoms with van der Waals surface area (Å²) in [6.45, 7) is 0. The first-order valence-electron chi connectivity index (χ1n) is 5.91. The van der Waals surface area contributed by atoms with Crippen LogP contribution < -0.4 is 10.1 Å². The van der Waals surface area contributed by atoms with Gasteiger partial charge in [-0.05, 0) is 12.1 Å². The van der Waals surface area contributed by atoms with Crippen molar-refractivity contribution in [3.05, 3.63) is 35.5 Å². The summed E-state index contributed by atoms with van der Waals surface area (Å²) < 4.78 is 5.10. The van der Waals surface area contributed by atoms with E-state index < -0.39 is 0 Å². The van der Waals surface area contributed by atoms with Crippen LogP contribution in [0.15, 0.2) is 30.0 Å². The summed E-state index contributed by atoms with van der Waals surface area (Å²) in [7, 11) is 5.18. The third-order valence-electron chi connectivity index (χ3n) is 2.80. The van der Waals surface area contributed by atoms with Gasteiger partial charge in [-0.15, -0.1) is 0 Å². The number of nitrogens with one attached hydrogen (secondary N) is 1. The Balaban J connectivity index is 2.50. The normalized spacial score (nSPS) is 16.7. The highest BCUT2D eigenvalue weighted by molar-refractivity contribution is 6.18. The van der Waals surface area contributed by atoms with Gasteiger partial charge in [0.25, 0.3) is 0 Å². The number of fused-ring (bicyclic) bond motifs is 1. The average molecular weight is 260 g/mol. The molecule has 0 fully saturated rings. The van der Waals surface area contributed by atoms with E-state index in [4.69, 9.17) is 4.74 Å². The first-order valence-corrected chi connectivity index (χ1v) is 5.91. The number of rotatable bonds is 2. The van der Waals surface area contributed by atoms with Gasteiger partial charge in [0.2, 0.25) is 5.91 Å². The smallest absolute Gasteiger partial charge is 0.229 e. The molecule has 0 spiro atoms. The topological polar surface area (TPSA) is 58.6 Å². The van der Waals surface area contributed by atoms with E-state index in [1.54, 1.807) is 36.4 Å². The number of hydrogen-bond acceptors (Lipinski definition) is 4. The Morgan fingerprint density at radius 2 is 2.05 bits per heavy atom. The Labute approximate surface area is 111 Å². The quantitative estimate of drug-likeness (QED) is 0.822. The largest absolute Gasteiger partial charge is 0.497 e. The number of carbonyl (C=O) groups excluding carboxylic acids is 2. The van der Waals surface area contributed by atoms with Crippen molar-refractivity contribution in [1.29, 1.82) is 0 Å². The van der Waals surface area contributed by atoms with E-state index in [-0.39, 0.29) is 18.1 Å². The number of carbonyl (C=O) groups is 2. The molecule has 0 aromatic heterocycles. The monoisotopic (exact) mass is 260 g/mol. The van der Waals surface area contributed by atoms with Crippen LogP contribution >= 0.6 is 0 Å². The number of anilines is 1. The number of hydrogen-bond donors (Lipinski definition) is 1. The van der Waals surface area contributed by atoms with Crippen molar-refractivity contribution in [1.82, 2.24) is 4.90 Å². The third-order valence-corrected chi connectivity index (χ3v) is 2.80. The Kier molecular flexibility index (Phi) is 3.55. The number of methoxy groups -OCH3 is 1. The van der Waals surface area contributed by atoms with Gasteiger partial charge in [-0.2, -0.15) is 0 Å². The maximum absolute atomic E-state index is 12.4. The minimum atomic E-state index is -0.201. The maximum Gasteiger partial charge on any atom is 0.229 e. The van der Waals surface area contributed by atoms with E-state index in [2.05, 4.69) is 5.32 Å². The predicted octanol–water partition coefficient (Wildman–Crippen LogP) is 1.67. The summed E-state index contributed by atoms with van der Waals surface area (Å²) in [6.07, 6.45) is 1.76. The van der Waals surface area contributed by atoms with E-state index in [1.165, 1.54) is 0 Å². The van der Waals surface area contributed by atoms with Crippen LogP contribution in [0.25, 0.3) is 0 Å². The van der Waals surface area contributed by atoms with Gasteiger partial charge in [0, 0.05) is 37.5 Å². The van der Waals surface area contributed by atoms with Crippen LogP contribution in [-0.2, 0) is 4.79 Å². The zero-order valence-corrected chi connectivity index (χ0v) is 11.2. The third kappa shape index (κ3) is 2.76. The molecule has 0 bridgehead atoms. The van der Waals surface area contributed by atoms with Crippen molar-refractivity contribution in [2.45, 2.75) is 6.42 Å². The second kappa shape index (κ2) is 5.14. The van der Waals surface area contributed by atoms with Crippen LogP contribution in [0.1, 0.15) is 16.8 Å². The average Bonchev–Trinajstić information content (AvgIpc) is 2.46. The van der Waals surface area contributed by atoms with Crippen molar-refractivity contribution in [2.75, 3.05) is 26.5 Å². The summed E-state index contributed by atoms with van der Waals surface area (Å²) in [4.78, 5) is 26.0. The highest BCUT2D eigenvalue weighted by Crippen LogP contribution is 2.28. The Morgan fingerprint density at radius 3 is 2.68 bits per heavy atom. The molecule has 100 valence electrons. The number of nitrogens with zero attached hydrogens (tertiary/aromatic N) is 1. The predicted molar refractivity (Wildman–Crippen MR) is 72.3 cm³/mol. The van der Waals surface area contributed by atoms with Crippen LogP contribution in [-0.4, -0.2) is 37.8 Å². The van der Waals surface area contributed by atoms with Crippen LogP contribution in [0, 0.1) is 0 Å². The molecule has 0 saturated heterocycles. The number of Topliss-reactive ketones (excluding diaryl/α,β-unsaturated/α-hetero) is 1. The zero-order valence-electron chi connectivity index (χ0n) is 11.2. The molecule has 0 unspecified atom stereocenters. The maximum atomic E-state index is 12.4. The fraction of sp³-hybridized carbons (Fsp3) is 0.286. The van der Waals surface area contributed by atoms with Gasteiger partial charge >= 0.3 is 0 Å². The van der Waals surface area contributed by atoms with Gasteiger partial charge in [0.15, 0.2) is 5.78 Å². The molecule has 5 nitrogen and oxygen atoms in total. The van der Waals surface area contributed by atoms with Gasteiger partial charge in [-0.25, -0.2) is 0 Å². The van der Waals surface area contributed by atoms with Crippen molar-refractivity contribution in [3.63, 3.8) is 0 Å². The molecule has 1 heterocycles. The molecule has 19 heavy (non-hydrogen) atoms. The van der Waals surface area contributed by atoms with Gasteiger partial charge in [0.1, 0.15) is 5.75 Å². The number of ketones is 1. The molecule has 1 aromatic carbocycles. The lowest BCUT2D eigenvalue weighted by Gasteiger charge is -2.09. The molecule has 1 N–H and O–H groups in total. The molecule has 1 aromatic rings. The van der Waals surface area contributed by atoms with Crippen molar-refractivity contribution >= 4 is 17.4 Å². The van der Waals surface area contributed by atoms with Gasteiger partial charge < -0.3 is 15.0 Å². The van der Waals surface area contributed by atoms with Gasteiger partial charge in [-0.1, -0.05) is 0 Å². The molecule has 0 radical (unpaired) electrons. The molecular formula is C14H16N2O3. The fourth-order valence-electron chi connectivity index (χ4n) is 1.99. The van der Waals surface area contributed by atoms with Crippen molar-refractivity contribution in [3.8, 4) is 5.75 Å². The fourth-order valence-corrected chi connectivity index (χ4v) is 1.99. The summed E-state index contributed by atoms with van der Waals surface area (Å²) in [6, 6.07) is 5.04. The Bertz CT molecular complexity index is 562. The first-order chi connectivity index (χ1) is 9.01. The molecule has 1 aliphatic rings. The SMILES string of the molecule is COc1ccc2c(c1)NC(=O)CC(=CN(C)C)C2=O. The lowest BCUT2D eigenvalue weighted by molar-refractivity contribution is -0.115. The summed E-state index contributed by atoms with van der Waals surface area (Å²) in [5, 5.41) is 2.73. The standard InChI is InChI=1S/C14H16N2O3/c1-16(2)8-9-6-13(17)15-12-7-10(19-3)4-5-11(12)14(9)18/h4-5,7-8H,6H2,1-3H3,(H,15,17). The van der Waals surface area contributed by atoms with Crippen LogP contribution in [0.2, 0.25) is 0 Å². The van der Waals surface area contributed by atoms with Gasteiger partial charge in [-0.3, -0.25) is 9.59 Å². The van der Waals surface area contributed by atoms with Crippen LogP contribution in [0.4, 0.5) is 5.69 Å². The second-order valence-corrected chi connectivity index (χ2v) is 4.58. The van der Waals surface area contributed by atoms with Crippen molar-refractivity contribution < 1.29 is 14.3 Å². The van der Waals surface area contributed by atoms with Crippen LogP contribution in [0.5, 0.6) is 5.75 Å². The zero-order chi connectivity index (χ0) is 14.0. The number of ether oxygens (including phenoxy) is 1. The molecule has 2 rings (SSSR count). The highest BCUT2D eigenvalue weighted by Gasteiger charge is 2.24. The van der Waals surface area contributed by atoms with E-state index in [9.17, 15) is 9.59 Å². The first kappa shape index (κ1) is 13.1. The van der Waals surface area contributed by atoms with E-state index >= 15 is 0 Å². The van der Waals surface area contributed by atoms with Gasteiger partial charge in [0.05, 0.1) is 19.2 Å². The van der Waals surface area contributed by atoms with Crippen LogP contribution in [0.3, 0.4) is 0 Å². The lowest BCUT2D eigenvalue weighted by Crippen LogP contribution is -2.12. The second-order valence-electron chi connectivity index (χ2n) is 4.58. The Morgan fingerprint density at radius 1 is 1.32 bits per heavy atom. The summed E-state index contributed by atoms with van der Waals surface area (Å²) >= 11 is 0. The Hall–Kier alpha value is -2.30.